The van der Waals surface area contributed by atoms with Crippen LogP contribution in [0.5, 0.6) is 0 Å². The largest absolute Gasteiger partial charge is 0.378 e. The predicted molar refractivity (Wildman–Crippen MR) is 44.9 cm³/mol. The van der Waals surface area contributed by atoms with Gasteiger partial charge in [-0.1, -0.05) is 6.92 Å². The van der Waals surface area contributed by atoms with Crippen LogP contribution in [-0.2, 0) is 4.74 Å². The summed E-state index contributed by atoms with van der Waals surface area (Å²) >= 11 is 0. The van der Waals surface area contributed by atoms with E-state index < -0.39 is 0 Å². The van der Waals surface area contributed by atoms with Crippen LogP contribution in [0.4, 0.5) is 0 Å². The molecule has 11 heavy (non-hydrogen) atoms. The van der Waals surface area contributed by atoms with Crippen LogP contribution < -0.4 is 11.3 Å². The summed E-state index contributed by atoms with van der Waals surface area (Å²) in [6.45, 7) is 5.17. The van der Waals surface area contributed by atoms with Gasteiger partial charge in [-0.15, -0.1) is 0 Å². The summed E-state index contributed by atoms with van der Waals surface area (Å²) in [5.41, 5.74) is 2.79. The highest BCUT2D eigenvalue weighted by Gasteiger charge is 2.30. The van der Waals surface area contributed by atoms with Crippen LogP contribution in [-0.4, -0.2) is 18.8 Å². The molecule has 3 heteroatoms. The third-order valence-electron chi connectivity index (χ3n) is 2.57. The molecule has 1 rings (SSSR count). The van der Waals surface area contributed by atoms with E-state index in [1.54, 1.807) is 0 Å². The van der Waals surface area contributed by atoms with E-state index in [0.717, 1.165) is 19.4 Å². The van der Waals surface area contributed by atoms with Crippen molar-refractivity contribution in [2.45, 2.75) is 38.8 Å². The normalized spacial score (nSPS) is 34.1. The van der Waals surface area contributed by atoms with Crippen LogP contribution in [0.3, 0.4) is 0 Å². The third-order valence-corrected chi connectivity index (χ3v) is 2.57. The van der Waals surface area contributed by atoms with Gasteiger partial charge >= 0.3 is 0 Å². The van der Waals surface area contributed by atoms with Gasteiger partial charge in [0.25, 0.3) is 0 Å². The third kappa shape index (κ3) is 1.92. The van der Waals surface area contributed by atoms with Gasteiger partial charge in [0, 0.05) is 18.6 Å². The first kappa shape index (κ1) is 8.97. The Kier molecular flexibility index (Phi) is 3.30. The molecule has 1 fully saturated rings. The van der Waals surface area contributed by atoms with Gasteiger partial charge in [-0.05, 0) is 19.8 Å². The fourth-order valence-corrected chi connectivity index (χ4v) is 1.78. The standard InChI is InChI=1S/C8H18N2O/c1-3-8-7(4-5-11-8)6(2)10-9/h6-8,10H,3-5,9H2,1-2H3. The Labute approximate surface area is 68.3 Å². The lowest BCUT2D eigenvalue weighted by atomic mass is 9.93. The van der Waals surface area contributed by atoms with Crippen molar-refractivity contribution in [3.05, 3.63) is 0 Å². The molecule has 0 amide bonds. The summed E-state index contributed by atoms with van der Waals surface area (Å²) in [4.78, 5) is 0. The maximum Gasteiger partial charge on any atom is 0.0616 e. The van der Waals surface area contributed by atoms with Crippen molar-refractivity contribution in [3.8, 4) is 0 Å². The molecule has 0 spiro atoms. The van der Waals surface area contributed by atoms with Gasteiger partial charge < -0.3 is 4.74 Å². The lowest BCUT2D eigenvalue weighted by Crippen LogP contribution is -2.41. The van der Waals surface area contributed by atoms with Crippen LogP contribution in [0.15, 0.2) is 0 Å². The lowest BCUT2D eigenvalue weighted by Gasteiger charge is -2.22. The molecule has 3 unspecified atom stereocenters. The van der Waals surface area contributed by atoms with Crippen LogP contribution in [0.1, 0.15) is 26.7 Å². The molecule has 0 radical (unpaired) electrons. The molecule has 0 aromatic carbocycles. The van der Waals surface area contributed by atoms with E-state index in [9.17, 15) is 0 Å². The molecule has 0 aliphatic carbocycles. The molecule has 0 saturated carbocycles. The summed E-state index contributed by atoms with van der Waals surface area (Å²) in [5.74, 6) is 5.97. The molecular formula is C8H18N2O. The average Bonchev–Trinajstić information content (AvgIpc) is 2.50. The Bertz CT molecular complexity index is 119. The van der Waals surface area contributed by atoms with E-state index >= 15 is 0 Å². The highest BCUT2D eigenvalue weighted by atomic mass is 16.5. The van der Waals surface area contributed by atoms with Crippen molar-refractivity contribution in [1.29, 1.82) is 0 Å². The van der Waals surface area contributed by atoms with Gasteiger partial charge in [0.1, 0.15) is 0 Å². The zero-order valence-corrected chi connectivity index (χ0v) is 7.34. The predicted octanol–water partition coefficient (Wildman–Crippen LogP) is 0.653. The van der Waals surface area contributed by atoms with Crippen LogP contribution in [0.25, 0.3) is 0 Å². The Hall–Kier alpha value is -0.120. The van der Waals surface area contributed by atoms with Gasteiger partial charge in [-0.25, -0.2) is 0 Å². The molecule has 0 aromatic heterocycles. The van der Waals surface area contributed by atoms with E-state index in [4.69, 9.17) is 10.6 Å². The SMILES string of the molecule is CCC1OCCC1C(C)NN. The summed E-state index contributed by atoms with van der Waals surface area (Å²) in [6.07, 6.45) is 2.65. The minimum Gasteiger partial charge on any atom is -0.378 e. The number of ether oxygens (including phenoxy) is 1. The fraction of sp³-hybridized carbons (Fsp3) is 1.00. The van der Waals surface area contributed by atoms with Crippen LogP contribution >= 0.6 is 0 Å². The van der Waals surface area contributed by atoms with Crippen molar-refractivity contribution in [2.24, 2.45) is 11.8 Å². The second-order valence-electron chi connectivity index (χ2n) is 3.23. The Morgan fingerprint density at radius 2 is 2.45 bits per heavy atom. The number of nitrogens with one attached hydrogen (secondary N) is 1. The number of hydrogen-bond donors (Lipinski definition) is 2. The Balaban J connectivity index is 2.42. The molecule has 0 bridgehead atoms. The summed E-state index contributed by atoms with van der Waals surface area (Å²) in [6, 6.07) is 0.377. The monoisotopic (exact) mass is 158 g/mol. The van der Waals surface area contributed by atoms with Gasteiger partial charge in [0.05, 0.1) is 6.10 Å². The van der Waals surface area contributed by atoms with Crippen LogP contribution in [0, 0.1) is 5.92 Å². The first-order chi connectivity index (χ1) is 5.29. The van der Waals surface area contributed by atoms with E-state index in [-0.39, 0.29) is 0 Å². The highest BCUT2D eigenvalue weighted by Crippen LogP contribution is 2.25. The number of hydrogen-bond acceptors (Lipinski definition) is 3. The van der Waals surface area contributed by atoms with Gasteiger partial charge in [-0.3, -0.25) is 11.3 Å². The molecule has 3 nitrogen and oxygen atoms in total. The number of hydrazine groups is 1. The van der Waals surface area contributed by atoms with Crippen molar-refractivity contribution in [2.75, 3.05) is 6.61 Å². The van der Waals surface area contributed by atoms with E-state index in [1.807, 2.05) is 0 Å². The first-order valence-corrected chi connectivity index (χ1v) is 4.37. The van der Waals surface area contributed by atoms with Crippen molar-refractivity contribution < 1.29 is 4.74 Å². The van der Waals surface area contributed by atoms with Crippen molar-refractivity contribution in [1.82, 2.24) is 5.43 Å². The maximum atomic E-state index is 5.54. The van der Waals surface area contributed by atoms with Gasteiger partial charge in [0.2, 0.25) is 0 Å². The molecule has 1 aliphatic heterocycles. The fourth-order valence-electron chi connectivity index (χ4n) is 1.78. The summed E-state index contributed by atoms with van der Waals surface area (Å²) in [7, 11) is 0. The van der Waals surface area contributed by atoms with Gasteiger partial charge in [-0.2, -0.15) is 0 Å². The average molecular weight is 158 g/mol. The molecule has 1 saturated heterocycles. The Morgan fingerprint density at radius 1 is 1.73 bits per heavy atom. The molecular weight excluding hydrogens is 140 g/mol. The second-order valence-corrected chi connectivity index (χ2v) is 3.23. The molecule has 3 atom stereocenters. The number of rotatable bonds is 3. The van der Waals surface area contributed by atoms with E-state index in [1.165, 1.54) is 0 Å². The van der Waals surface area contributed by atoms with Gasteiger partial charge in [0.15, 0.2) is 0 Å². The minimum absolute atomic E-state index is 0.377. The van der Waals surface area contributed by atoms with Crippen LogP contribution in [0.2, 0.25) is 0 Å². The van der Waals surface area contributed by atoms with Crippen molar-refractivity contribution >= 4 is 0 Å². The maximum absolute atomic E-state index is 5.54. The Morgan fingerprint density at radius 3 is 3.00 bits per heavy atom. The molecule has 1 aliphatic rings. The zero-order valence-electron chi connectivity index (χ0n) is 7.34. The smallest absolute Gasteiger partial charge is 0.0616 e. The minimum atomic E-state index is 0.377. The van der Waals surface area contributed by atoms with E-state index in [0.29, 0.717) is 18.1 Å². The molecule has 3 N–H and O–H groups in total. The number of nitrogens with two attached hydrogens (primary N) is 1. The van der Waals surface area contributed by atoms with E-state index in [2.05, 4.69) is 19.3 Å². The lowest BCUT2D eigenvalue weighted by molar-refractivity contribution is 0.0794. The topological polar surface area (TPSA) is 47.3 Å². The molecule has 66 valence electrons. The quantitative estimate of drug-likeness (QED) is 0.468. The summed E-state index contributed by atoms with van der Waals surface area (Å²) < 4.78 is 5.54. The summed E-state index contributed by atoms with van der Waals surface area (Å²) in [5, 5.41) is 0. The molecule has 0 aromatic rings. The zero-order chi connectivity index (χ0) is 8.27. The second kappa shape index (κ2) is 4.04. The highest BCUT2D eigenvalue weighted by molar-refractivity contribution is 4.81. The molecule has 1 heterocycles. The first-order valence-electron chi connectivity index (χ1n) is 4.37. The van der Waals surface area contributed by atoms with Crippen molar-refractivity contribution in [3.63, 3.8) is 0 Å².